The lowest BCUT2D eigenvalue weighted by atomic mass is 9.84. The van der Waals surface area contributed by atoms with Crippen LogP contribution in [0.2, 0.25) is 0 Å². The van der Waals surface area contributed by atoms with E-state index in [9.17, 15) is 9.59 Å². The first-order valence-electron chi connectivity index (χ1n) is 10.1. The maximum Gasteiger partial charge on any atom is 0.255 e. The monoisotopic (exact) mass is 430 g/mol. The minimum absolute atomic E-state index is 0.242. The molecule has 0 saturated carbocycles. The number of nitrogens with one attached hydrogen (secondary N) is 1. The van der Waals surface area contributed by atoms with Gasteiger partial charge in [-0.3, -0.25) is 9.59 Å². The Hall–Kier alpha value is -4.06. The smallest absolute Gasteiger partial charge is 0.255 e. The molecule has 0 spiro atoms. The quantitative estimate of drug-likeness (QED) is 0.507. The van der Waals surface area contributed by atoms with Crippen molar-refractivity contribution in [2.45, 2.75) is 12.5 Å². The highest BCUT2D eigenvalue weighted by atomic mass is 16.5. The Morgan fingerprint density at radius 3 is 2.06 bits per heavy atom. The van der Waals surface area contributed by atoms with Crippen LogP contribution in [0.25, 0.3) is 6.08 Å². The average Bonchev–Trinajstić information content (AvgIpc) is 2.82. The van der Waals surface area contributed by atoms with E-state index >= 15 is 0 Å². The van der Waals surface area contributed by atoms with Crippen LogP contribution in [0.3, 0.4) is 0 Å². The molecule has 2 amide bonds. The third-order valence-corrected chi connectivity index (χ3v) is 5.06. The van der Waals surface area contributed by atoms with Crippen molar-refractivity contribution in [1.82, 2.24) is 5.32 Å². The molecule has 0 bridgehead atoms. The molecule has 3 N–H and O–H groups in total. The minimum Gasteiger partial charge on any atom is -0.493 e. The number of rotatable bonds is 9. The Bertz CT molecular complexity index is 1060. The fourth-order valence-electron chi connectivity index (χ4n) is 3.37. The van der Waals surface area contributed by atoms with Crippen molar-refractivity contribution < 1.29 is 19.1 Å². The average molecular weight is 431 g/mol. The van der Waals surface area contributed by atoms with E-state index in [1.807, 2.05) is 67.6 Å². The predicted molar refractivity (Wildman–Crippen MR) is 124 cm³/mol. The lowest BCUT2D eigenvalue weighted by Gasteiger charge is -2.31. The molecule has 0 heterocycles. The second kappa shape index (κ2) is 10.3. The van der Waals surface area contributed by atoms with Gasteiger partial charge in [-0.1, -0.05) is 66.7 Å². The molecule has 0 aliphatic carbocycles. The first-order chi connectivity index (χ1) is 15.4. The maximum absolute atomic E-state index is 12.9. The lowest BCUT2D eigenvalue weighted by Crippen LogP contribution is -2.43. The summed E-state index contributed by atoms with van der Waals surface area (Å²) in [6.45, 7) is 1.74. The van der Waals surface area contributed by atoms with Crippen LogP contribution < -0.4 is 20.5 Å². The topological polar surface area (TPSA) is 90.7 Å². The Labute approximate surface area is 187 Å². The molecule has 164 valence electrons. The molecule has 6 nitrogen and oxygen atoms in total. The Morgan fingerprint density at radius 1 is 0.938 bits per heavy atom. The van der Waals surface area contributed by atoms with Gasteiger partial charge in [0.1, 0.15) is 0 Å². The summed E-state index contributed by atoms with van der Waals surface area (Å²) in [5, 5.41) is 3.14. The van der Waals surface area contributed by atoms with Crippen LogP contribution in [0.5, 0.6) is 11.5 Å². The van der Waals surface area contributed by atoms with Crippen molar-refractivity contribution in [3.05, 3.63) is 102 Å². The number of hydrogen-bond acceptors (Lipinski definition) is 4. The first kappa shape index (κ1) is 22.6. The van der Waals surface area contributed by atoms with Gasteiger partial charge >= 0.3 is 0 Å². The summed E-state index contributed by atoms with van der Waals surface area (Å²) in [7, 11) is 1.50. The summed E-state index contributed by atoms with van der Waals surface area (Å²) >= 11 is 0. The molecule has 0 saturated heterocycles. The third kappa shape index (κ3) is 5.55. The van der Waals surface area contributed by atoms with Crippen molar-refractivity contribution in [3.63, 3.8) is 0 Å². The van der Waals surface area contributed by atoms with E-state index in [2.05, 4.69) is 5.32 Å². The van der Waals surface area contributed by atoms with Crippen LogP contribution in [0, 0.1) is 0 Å². The summed E-state index contributed by atoms with van der Waals surface area (Å²) < 4.78 is 10.6. The summed E-state index contributed by atoms with van der Waals surface area (Å²) in [4.78, 5) is 23.8. The number of benzene rings is 3. The van der Waals surface area contributed by atoms with Gasteiger partial charge in [0.2, 0.25) is 5.91 Å². The van der Waals surface area contributed by atoms with Gasteiger partial charge in [-0.05, 0) is 41.8 Å². The molecule has 32 heavy (non-hydrogen) atoms. The second-order valence-electron chi connectivity index (χ2n) is 7.34. The largest absolute Gasteiger partial charge is 0.493 e. The van der Waals surface area contributed by atoms with Gasteiger partial charge in [0, 0.05) is 6.08 Å². The molecule has 0 aliphatic rings. The first-order valence-corrected chi connectivity index (χ1v) is 10.1. The van der Waals surface area contributed by atoms with Crippen molar-refractivity contribution in [1.29, 1.82) is 0 Å². The zero-order chi connectivity index (χ0) is 23.0. The van der Waals surface area contributed by atoms with E-state index < -0.39 is 11.4 Å². The number of primary amides is 1. The number of hydrogen-bond donors (Lipinski definition) is 2. The Kier molecular flexibility index (Phi) is 7.29. The Balaban J connectivity index is 1.80. The SMILES string of the molecule is COc1cc(/C=C/C(=O)NC(C)(c2ccccc2)c2ccccc2)ccc1OCC(N)=O. The van der Waals surface area contributed by atoms with Gasteiger partial charge in [0.15, 0.2) is 18.1 Å². The van der Waals surface area contributed by atoms with Crippen LogP contribution in [0.15, 0.2) is 84.9 Å². The number of ether oxygens (including phenoxy) is 2. The molecular weight excluding hydrogens is 404 g/mol. The summed E-state index contributed by atoms with van der Waals surface area (Å²) in [6.07, 6.45) is 3.16. The molecule has 0 aromatic heterocycles. The highest BCUT2D eigenvalue weighted by Crippen LogP contribution is 2.30. The minimum atomic E-state index is -0.700. The highest BCUT2D eigenvalue weighted by molar-refractivity contribution is 5.92. The number of nitrogens with two attached hydrogens (primary N) is 1. The van der Waals surface area contributed by atoms with E-state index in [4.69, 9.17) is 15.2 Å². The fraction of sp³-hybridized carbons (Fsp3) is 0.154. The molecule has 3 rings (SSSR count). The maximum atomic E-state index is 12.9. The molecular formula is C26H26N2O4. The van der Waals surface area contributed by atoms with Crippen LogP contribution >= 0.6 is 0 Å². The van der Waals surface area contributed by atoms with Crippen LogP contribution in [0.4, 0.5) is 0 Å². The van der Waals surface area contributed by atoms with Gasteiger partial charge in [0.25, 0.3) is 5.91 Å². The van der Waals surface area contributed by atoms with Crippen molar-refractivity contribution in [2.24, 2.45) is 5.73 Å². The highest BCUT2D eigenvalue weighted by Gasteiger charge is 2.29. The predicted octanol–water partition coefficient (Wildman–Crippen LogP) is 3.65. The van der Waals surface area contributed by atoms with Gasteiger partial charge in [-0.2, -0.15) is 0 Å². The molecule has 0 aliphatic heterocycles. The Morgan fingerprint density at radius 2 is 1.53 bits per heavy atom. The van der Waals surface area contributed by atoms with E-state index in [1.54, 1.807) is 24.3 Å². The van der Waals surface area contributed by atoms with E-state index in [0.717, 1.165) is 16.7 Å². The van der Waals surface area contributed by atoms with Crippen LogP contribution in [0.1, 0.15) is 23.6 Å². The molecule has 0 fully saturated rings. The zero-order valence-electron chi connectivity index (χ0n) is 18.1. The number of carbonyl (C=O) groups excluding carboxylic acids is 2. The normalized spacial score (nSPS) is 11.2. The van der Waals surface area contributed by atoms with Gasteiger partial charge < -0.3 is 20.5 Å². The molecule has 0 atom stereocenters. The van der Waals surface area contributed by atoms with E-state index in [0.29, 0.717) is 11.5 Å². The van der Waals surface area contributed by atoms with Crippen molar-refractivity contribution >= 4 is 17.9 Å². The number of methoxy groups -OCH3 is 1. The summed E-state index contributed by atoms with van der Waals surface area (Å²) in [6, 6.07) is 24.8. The van der Waals surface area contributed by atoms with Gasteiger partial charge in [0.05, 0.1) is 12.6 Å². The van der Waals surface area contributed by atoms with Gasteiger partial charge in [-0.25, -0.2) is 0 Å². The molecule has 3 aromatic carbocycles. The summed E-state index contributed by atoms with van der Waals surface area (Å²) in [5.74, 6) is 0.0154. The molecule has 0 unspecified atom stereocenters. The second-order valence-corrected chi connectivity index (χ2v) is 7.34. The molecule has 6 heteroatoms. The number of amides is 2. The zero-order valence-corrected chi connectivity index (χ0v) is 18.1. The number of carbonyl (C=O) groups is 2. The summed E-state index contributed by atoms with van der Waals surface area (Å²) in [5.41, 5.74) is 7.11. The van der Waals surface area contributed by atoms with Crippen molar-refractivity contribution in [2.75, 3.05) is 13.7 Å². The van der Waals surface area contributed by atoms with Crippen LogP contribution in [-0.4, -0.2) is 25.5 Å². The third-order valence-electron chi connectivity index (χ3n) is 5.06. The van der Waals surface area contributed by atoms with E-state index in [1.165, 1.54) is 13.2 Å². The van der Waals surface area contributed by atoms with Crippen molar-refractivity contribution in [3.8, 4) is 11.5 Å². The molecule has 3 aromatic rings. The van der Waals surface area contributed by atoms with Gasteiger partial charge in [-0.15, -0.1) is 0 Å². The standard InChI is InChI=1S/C26H26N2O4/c1-26(20-9-5-3-6-10-20,21-11-7-4-8-12-21)28-25(30)16-14-19-13-15-22(23(17-19)31-2)32-18-24(27)29/h3-17H,18H2,1-2H3,(H2,27,29)(H,28,30)/b16-14+. The van der Waals surface area contributed by atoms with E-state index in [-0.39, 0.29) is 12.5 Å². The lowest BCUT2D eigenvalue weighted by molar-refractivity contribution is -0.120. The fourth-order valence-corrected chi connectivity index (χ4v) is 3.37. The van der Waals surface area contributed by atoms with Crippen LogP contribution in [-0.2, 0) is 15.1 Å². The molecule has 0 radical (unpaired) electrons.